The van der Waals surface area contributed by atoms with Gasteiger partial charge in [-0.2, -0.15) is 0 Å². The van der Waals surface area contributed by atoms with E-state index in [0.29, 0.717) is 5.11 Å². The van der Waals surface area contributed by atoms with E-state index in [-0.39, 0.29) is 5.69 Å². The topological polar surface area (TPSA) is 73.0 Å². The molecule has 6 heteroatoms. The predicted octanol–water partition coefficient (Wildman–Crippen LogP) is 1.17. The lowest BCUT2D eigenvalue weighted by Gasteiger charge is -2.01. The van der Waals surface area contributed by atoms with Crippen LogP contribution in [0.1, 0.15) is 12.5 Å². The maximum absolute atomic E-state index is 11.1. The van der Waals surface area contributed by atoms with Crippen LogP contribution < -0.4 is 11.0 Å². The summed E-state index contributed by atoms with van der Waals surface area (Å²) in [5.74, 6) is 0. The van der Waals surface area contributed by atoms with E-state index in [2.05, 4.69) is 20.3 Å². The molecule has 5 nitrogen and oxygen atoms in total. The first kappa shape index (κ1) is 11.5. The van der Waals surface area contributed by atoms with Gasteiger partial charge in [-0.15, -0.1) is 0 Å². The number of hydrogen-bond donors (Lipinski definition) is 3. The minimum atomic E-state index is -0.211. The molecular weight excluding hydrogens is 236 g/mol. The molecule has 0 radical (unpaired) electrons. The minimum absolute atomic E-state index is 0.211. The first-order valence-corrected chi connectivity index (χ1v) is 5.50. The number of H-pyrrole nitrogens is 2. The Kier molecular flexibility index (Phi) is 3.06. The number of aromatic nitrogens is 2. The average Bonchev–Trinajstić information content (AvgIpc) is 2.67. The van der Waals surface area contributed by atoms with E-state index in [1.54, 1.807) is 7.05 Å². The molecular formula is C11H12N4OS. The standard InChI is InChI=1S/C11H12N4OS/c1-6(13-11(17)12-2)7-3-4-8-9(5-7)15-10(16)14-8/h3-5H,1-2H3,(H,12,17)(H2,14,15,16)/b13-6+. The Balaban J connectivity index is 2.45. The van der Waals surface area contributed by atoms with Crippen molar-refractivity contribution < 1.29 is 0 Å². The lowest BCUT2D eigenvalue weighted by molar-refractivity contribution is 1.18. The van der Waals surface area contributed by atoms with Gasteiger partial charge in [0.1, 0.15) is 0 Å². The third kappa shape index (κ3) is 2.42. The SMILES string of the molecule is CNC(=S)/N=C(\C)c1ccc2[nH]c(=O)[nH]c2c1. The monoisotopic (exact) mass is 248 g/mol. The van der Waals surface area contributed by atoms with E-state index in [4.69, 9.17) is 12.2 Å². The molecule has 3 N–H and O–H groups in total. The van der Waals surface area contributed by atoms with Crippen molar-refractivity contribution in [3.05, 3.63) is 34.2 Å². The van der Waals surface area contributed by atoms with Gasteiger partial charge in [-0.05, 0) is 36.8 Å². The van der Waals surface area contributed by atoms with Gasteiger partial charge in [0, 0.05) is 12.8 Å². The second-order valence-corrected chi connectivity index (χ2v) is 3.98. The summed E-state index contributed by atoms with van der Waals surface area (Å²) in [6.07, 6.45) is 0. The highest BCUT2D eigenvalue weighted by molar-refractivity contribution is 7.80. The molecule has 0 saturated carbocycles. The molecule has 1 aromatic carbocycles. The molecule has 2 aromatic rings. The van der Waals surface area contributed by atoms with Gasteiger partial charge >= 0.3 is 5.69 Å². The van der Waals surface area contributed by atoms with Crippen molar-refractivity contribution in [1.29, 1.82) is 0 Å². The summed E-state index contributed by atoms with van der Waals surface area (Å²) < 4.78 is 0. The smallest absolute Gasteiger partial charge is 0.323 e. The molecule has 0 aliphatic rings. The fourth-order valence-electron chi connectivity index (χ4n) is 1.53. The average molecular weight is 248 g/mol. The number of nitrogens with one attached hydrogen (secondary N) is 3. The normalized spacial score (nSPS) is 11.8. The van der Waals surface area contributed by atoms with Crippen molar-refractivity contribution in [2.45, 2.75) is 6.92 Å². The molecule has 0 unspecified atom stereocenters. The fourth-order valence-corrected chi connectivity index (χ4v) is 1.67. The van der Waals surface area contributed by atoms with Crippen LogP contribution in [0.5, 0.6) is 0 Å². The van der Waals surface area contributed by atoms with Crippen molar-refractivity contribution in [2.75, 3.05) is 7.05 Å². The summed E-state index contributed by atoms with van der Waals surface area (Å²) in [6, 6.07) is 5.59. The largest absolute Gasteiger partial charge is 0.364 e. The first-order valence-electron chi connectivity index (χ1n) is 5.09. The van der Waals surface area contributed by atoms with Gasteiger partial charge in [-0.25, -0.2) is 9.79 Å². The van der Waals surface area contributed by atoms with Crippen LogP contribution in [-0.2, 0) is 0 Å². The van der Waals surface area contributed by atoms with Gasteiger partial charge in [0.2, 0.25) is 0 Å². The highest BCUT2D eigenvalue weighted by Gasteiger charge is 2.02. The zero-order chi connectivity index (χ0) is 12.4. The van der Waals surface area contributed by atoms with Gasteiger partial charge in [-0.1, -0.05) is 6.07 Å². The number of thiocarbonyl (C=S) groups is 1. The predicted molar refractivity (Wildman–Crippen MR) is 72.8 cm³/mol. The summed E-state index contributed by atoms with van der Waals surface area (Å²) >= 11 is 4.97. The zero-order valence-corrected chi connectivity index (χ0v) is 10.3. The summed E-state index contributed by atoms with van der Waals surface area (Å²) in [5.41, 5.74) is 3.05. The summed E-state index contributed by atoms with van der Waals surface area (Å²) in [4.78, 5) is 20.7. The van der Waals surface area contributed by atoms with E-state index in [0.717, 1.165) is 22.3 Å². The molecule has 0 aliphatic carbocycles. The third-order valence-electron chi connectivity index (χ3n) is 2.42. The molecule has 0 saturated heterocycles. The number of benzene rings is 1. The summed E-state index contributed by atoms with van der Waals surface area (Å²) in [5, 5.41) is 3.22. The van der Waals surface area contributed by atoms with Crippen LogP contribution in [-0.4, -0.2) is 27.8 Å². The summed E-state index contributed by atoms with van der Waals surface area (Å²) in [7, 11) is 1.73. The molecule has 0 bridgehead atoms. The fraction of sp³-hybridized carbons (Fsp3) is 0.182. The van der Waals surface area contributed by atoms with Crippen LogP contribution >= 0.6 is 12.2 Å². The van der Waals surface area contributed by atoms with Crippen molar-refractivity contribution in [2.24, 2.45) is 4.99 Å². The number of aliphatic imine (C=N–C) groups is 1. The van der Waals surface area contributed by atoms with Gasteiger partial charge in [0.25, 0.3) is 0 Å². The highest BCUT2D eigenvalue weighted by Crippen LogP contribution is 2.11. The molecule has 0 aliphatic heterocycles. The Morgan fingerprint density at radius 1 is 1.35 bits per heavy atom. The van der Waals surface area contributed by atoms with Crippen molar-refractivity contribution in [1.82, 2.24) is 15.3 Å². The van der Waals surface area contributed by atoms with Crippen LogP contribution in [0.4, 0.5) is 0 Å². The molecule has 0 amide bonds. The molecule has 1 heterocycles. The lowest BCUT2D eigenvalue weighted by Crippen LogP contribution is -2.14. The number of imidazole rings is 1. The Hall–Kier alpha value is -1.95. The number of aromatic amines is 2. The lowest BCUT2D eigenvalue weighted by atomic mass is 10.1. The van der Waals surface area contributed by atoms with Crippen LogP contribution in [0, 0.1) is 0 Å². The second-order valence-electron chi connectivity index (χ2n) is 3.59. The summed E-state index contributed by atoms with van der Waals surface area (Å²) in [6.45, 7) is 1.87. The van der Waals surface area contributed by atoms with Gasteiger partial charge in [0.15, 0.2) is 5.11 Å². The second kappa shape index (κ2) is 4.50. The van der Waals surface area contributed by atoms with E-state index in [9.17, 15) is 4.79 Å². The number of nitrogens with zero attached hydrogens (tertiary/aromatic N) is 1. The van der Waals surface area contributed by atoms with Crippen molar-refractivity contribution in [3.8, 4) is 0 Å². The number of fused-ring (bicyclic) bond motifs is 1. The highest BCUT2D eigenvalue weighted by atomic mass is 32.1. The van der Waals surface area contributed by atoms with Crippen LogP contribution in [0.3, 0.4) is 0 Å². The van der Waals surface area contributed by atoms with Gasteiger partial charge < -0.3 is 15.3 Å². The minimum Gasteiger partial charge on any atom is -0.364 e. The Labute approximate surface area is 103 Å². The quantitative estimate of drug-likeness (QED) is 0.524. The van der Waals surface area contributed by atoms with E-state index in [1.165, 1.54) is 0 Å². The van der Waals surface area contributed by atoms with Crippen molar-refractivity contribution >= 4 is 34.1 Å². The maximum atomic E-state index is 11.1. The van der Waals surface area contributed by atoms with Crippen LogP contribution in [0.25, 0.3) is 11.0 Å². The molecule has 0 spiro atoms. The Morgan fingerprint density at radius 2 is 2.06 bits per heavy atom. The van der Waals surface area contributed by atoms with E-state index < -0.39 is 0 Å². The molecule has 88 valence electrons. The van der Waals surface area contributed by atoms with Gasteiger partial charge in [-0.3, -0.25) is 0 Å². The maximum Gasteiger partial charge on any atom is 0.323 e. The zero-order valence-electron chi connectivity index (χ0n) is 9.50. The van der Waals surface area contributed by atoms with Crippen LogP contribution in [0.2, 0.25) is 0 Å². The van der Waals surface area contributed by atoms with Crippen molar-refractivity contribution in [3.63, 3.8) is 0 Å². The molecule has 2 rings (SSSR count). The third-order valence-corrected chi connectivity index (χ3v) is 2.71. The molecule has 17 heavy (non-hydrogen) atoms. The number of rotatable bonds is 1. The number of hydrogen-bond acceptors (Lipinski definition) is 2. The first-order chi connectivity index (χ1) is 8.10. The molecule has 0 atom stereocenters. The molecule has 1 aromatic heterocycles. The Morgan fingerprint density at radius 3 is 2.76 bits per heavy atom. The van der Waals surface area contributed by atoms with E-state index >= 15 is 0 Å². The molecule has 0 fully saturated rings. The van der Waals surface area contributed by atoms with Gasteiger partial charge in [0.05, 0.1) is 11.0 Å². The van der Waals surface area contributed by atoms with E-state index in [1.807, 2.05) is 25.1 Å². The van der Waals surface area contributed by atoms with Crippen LogP contribution in [0.15, 0.2) is 28.0 Å². The Bertz CT molecular complexity index is 653.